The summed E-state index contributed by atoms with van der Waals surface area (Å²) in [7, 11) is -3.29. The highest BCUT2D eigenvalue weighted by molar-refractivity contribution is 7.87. The first-order valence-electron chi connectivity index (χ1n) is 5.04. The van der Waals surface area contributed by atoms with Crippen LogP contribution in [0.2, 0.25) is 0 Å². The number of hydrogen-bond donors (Lipinski definition) is 2. The lowest BCUT2D eigenvalue weighted by Crippen LogP contribution is -2.48. The van der Waals surface area contributed by atoms with Crippen molar-refractivity contribution in [2.24, 2.45) is 5.73 Å². The third kappa shape index (κ3) is 3.20. The van der Waals surface area contributed by atoms with E-state index in [1.165, 1.54) is 4.31 Å². The van der Waals surface area contributed by atoms with Gasteiger partial charge in [-0.25, -0.2) is 0 Å². The van der Waals surface area contributed by atoms with E-state index in [0.717, 1.165) is 19.3 Å². The molecule has 1 rings (SSSR count). The summed E-state index contributed by atoms with van der Waals surface area (Å²) in [4.78, 5) is 0. The second-order valence-corrected chi connectivity index (χ2v) is 5.42. The first-order chi connectivity index (χ1) is 6.56. The van der Waals surface area contributed by atoms with E-state index in [4.69, 9.17) is 5.73 Å². The van der Waals surface area contributed by atoms with Gasteiger partial charge in [0, 0.05) is 25.7 Å². The monoisotopic (exact) mass is 221 g/mol. The van der Waals surface area contributed by atoms with Gasteiger partial charge in [0.15, 0.2) is 0 Å². The van der Waals surface area contributed by atoms with Gasteiger partial charge < -0.3 is 5.73 Å². The zero-order valence-corrected chi connectivity index (χ0v) is 9.39. The molecule has 84 valence electrons. The van der Waals surface area contributed by atoms with Crippen LogP contribution in [-0.2, 0) is 10.2 Å². The predicted molar refractivity (Wildman–Crippen MR) is 56.0 cm³/mol. The third-order valence-electron chi connectivity index (χ3n) is 2.36. The Morgan fingerprint density at radius 2 is 1.93 bits per heavy atom. The number of rotatable bonds is 4. The van der Waals surface area contributed by atoms with Gasteiger partial charge in [-0.2, -0.15) is 17.4 Å². The number of nitrogens with two attached hydrogens (primary N) is 1. The predicted octanol–water partition coefficient (Wildman–Crippen LogP) is -0.346. The lowest BCUT2D eigenvalue weighted by molar-refractivity contribution is 0.339. The van der Waals surface area contributed by atoms with Gasteiger partial charge in [0.2, 0.25) is 0 Å². The molecule has 0 aromatic heterocycles. The maximum atomic E-state index is 11.7. The fourth-order valence-electron chi connectivity index (χ4n) is 1.48. The minimum absolute atomic E-state index is 0.193. The Morgan fingerprint density at radius 3 is 2.43 bits per heavy atom. The van der Waals surface area contributed by atoms with Crippen LogP contribution in [0.3, 0.4) is 0 Å². The molecule has 0 aliphatic carbocycles. The van der Waals surface area contributed by atoms with Crippen molar-refractivity contribution in [3.63, 3.8) is 0 Å². The van der Waals surface area contributed by atoms with Crippen LogP contribution in [0.4, 0.5) is 0 Å². The van der Waals surface area contributed by atoms with Crippen molar-refractivity contribution < 1.29 is 8.42 Å². The molecule has 1 saturated heterocycles. The Hall–Kier alpha value is -0.170. The molecule has 0 saturated carbocycles. The van der Waals surface area contributed by atoms with E-state index in [1.54, 1.807) is 6.92 Å². The van der Waals surface area contributed by atoms with Gasteiger partial charge in [-0.05, 0) is 19.8 Å². The zero-order valence-electron chi connectivity index (χ0n) is 8.57. The highest BCUT2D eigenvalue weighted by atomic mass is 32.2. The SMILES string of the molecule is C[C@H](CN)NS(=O)(=O)N1CCCCC1. The fourth-order valence-corrected chi connectivity index (χ4v) is 2.97. The lowest BCUT2D eigenvalue weighted by atomic mass is 10.2. The van der Waals surface area contributed by atoms with Crippen molar-refractivity contribution in [3.8, 4) is 0 Å². The third-order valence-corrected chi connectivity index (χ3v) is 4.10. The Kier molecular flexibility index (Phi) is 4.31. The van der Waals surface area contributed by atoms with E-state index in [0.29, 0.717) is 19.6 Å². The molecule has 5 nitrogen and oxygen atoms in total. The molecule has 1 heterocycles. The van der Waals surface area contributed by atoms with Gasteiger partial charge in [-0.1, -0.05) is 6.42 Å². The summed E-state index contributed by atoms with van der Waals surface area (Å²) in [5, 5.41) is 0. The zero-order chi connectivity index (χ0) is 10.6. The average Bonchev–Trinajstić information content (AvgIpc) is 2.18. The molecule has 0 bridgehead atoms. The normalized spacial score (nSPS) is 22.1. The van der Waals surface area contributed by atoms with Crippen LogP contribution in [0.25, 0.3) is 0 Å². The van der Waals surface area contributed by atoms with Crippen LogP contribution < -0.4 is 10.5 Å². The molecule has 1 aliphatic heterocycles. The second kappa shape index (κ2) is 5.06. The number of nitrogens with zero attached hydrogens (tertiary/aromatic N) is 1. The van der Waals surface area contributed by atoms with Gasteiger partial charge in [0.05, 0.1) is 0 Å². The molecule has 1 aliphatic rings. The van der Waals surface area contributed by atoms with Crippen LogP contribution in [0, 0.1) is 0 Å². The molecule has 0 spiro atoms. The molecule has 6 heteroatoms. The number of hydrogen-bond acceptors (Lipinski definition) is 3. The topological polar surface area (TPSA) is 75.4 Å². The van der Waals surface area contributed by atoms with E-state index in [-0.39, 0.29) is 6.04 Å². The van der Waals surface area contributed by atoms with Crippen LogP contribution >= 0.6 is 0 Å². The molecule has 14 heavy (non-hydrogen) atoms. The highest BCUT2D eigenvalue weighted by Gasteiger charge is 2.24. The van der Waals surface area contributed by atoms with Crippen molar-refractivity contribution in [3.05, 3.63) is 0 Å². The first kappa shape index (κ1) is 11.9. The van der Waals surface area contributed by atoms with E-state index in [1.807, 2.05) is 0 Å². The highest BCUT2D eigenvalue weighted by Crippen LogP contribution is 2.11. The van der Waals surface area contributed by atoms with Gasteiger partial charge in [0.1, 0.15) is 0 Å². The van der Waals surface area contributed by atoms with Crippen LogP contribution in [0.15, 0.2) is 0 Å². The Labute approximate surface area is 85.8 Å². The van der Waals surface area contributed by atoms with Gasteiger partial charge in [-0.15, -0.1) is 0 Å². The van der Waals surface area contributed by atoms with Crippen LogP contribution in [0.5, 0.6) is 0 Å². The molecule has 3 N–H and O–H groups in total. The maximum absolute atomic E-state index is 11.7. The van der Waals surface area contributed by atoms with Gasteiger partial charge >= 0.3 is 0 Å². The van der Waals surface area contributed by atoms with Crippen molar-refractivity contribution in [2.75, 3.05) is 19.6 Å². The summed E-state index contributed by atoms with van der Waals surface area (Å²) in [6, 6.07) is -0.193. The van der Waals surface area contributed by atoms with Crippen LogP contribution in [-0.4, -0.2) is 38.4 Å². The van der Waals surface area contributed by atoms with Crippen molar-refractivity contribution in [1.82, 2.24) is 9.03 Å². The molecule has 1 fully saturated rings. The van der Waals surface area contributed by atoms with Crippen LogP contribution in [0.1, 0.15) is 26.2 Å². The quantitative estimate of drug-likeness (QED) is 0.681. The van der Waals surface area contributed by atoms with Crippen molar-refractivity contribution >= 4 is 10.2 Å². The molecular formula is C8H19N3O2S. The molecule has 0 radical (unpaired) electrons. The summed E-state index contributed by atoms with van der Waals surface area (Å²) >= 11 is 0. The second-order valence-electron chi connectivity index (χ2n) is 3.72. The summed E-state index contributed by atoms with van der Waals surface area (Å²) in [5.41, 5.74) is 5.36. The maximum Gasteiger partial charge on any atom is 0.279 e. The van der Waals surface area contributed by atoms with E-state index >= 15 is 0 Å². The Morgan fingerprint density at radius 1 is 1.36 bits per heavy atom. The standard InChI is InChI=1S/C8H19N3O2S/c1-8(7-9)10-14(12,13)11-5-3-2-4-6-11/h8,10H,2-7,9H2,1H3/t8-/m1/s1. The largest absolute Gasteiger partial charge is 0.329 e. The number of piperidine rings is 1. The molecule has 1 atom stereocenters. The Bertz CT molecular complexity index is 260. The summed E-state index contributed by atoms with van der Waals surface area (Å²) in [5.74, 6) is 0. The fraction of sp³-hybridized carbons (Fsp3) is 1.00. The molecular weight excluding hydrogens is 202 g/mol. The smallest absolute Gasteiger partial charge is 0.279 e. The Balaban J connectivity index is 2.54. The molecule has 0 aromatic carbocycles. The van der Waals surface area contributed by atoms with E-state index in [9.17, 15) is 8.42 Å². The molecule has 0 amide bonds. The van der Waals surface area contributed by atoms with E-state index in [2.05, 4.69) is 4.72 Å². The minimum Gasteiger partial charge on any atom is -0.329 e. The number of nitrogens with one attached hydrogen (secondary N) is 1. The van der Waals surface area contributed by atoms with Gasteiger partial charge in [-0.3, -0.25) is 0 Å². The minimum atomic E-state index is -3.29. The van der Waals surface area contributed by atoms with E-state index < -0.39 is 10.2 Å². The summed E-state index contributed by atoms with van der Waals surface area (Å²) in [6.45, 7) is 3.35. The average molecular weight is 221 g/mol. The lowest BCUT2D eigenvalue weighted by Gasteiger charge is -2.27. The van der Waals surface area contributed by atoms with Crippen molar-refractivity contribution in [2.45, 2.75) is 32.2 Å². The summed E-state index contributed by atoms with van der Waals surface area (Å²) in [6.07, 6.45) is 3.04. The molecule has 0 aromatic rings. The van der Waals surface area contributed by atoms with Crippen molar-refractivity contribution in [1.29, 1.82) is 0 Å². The molecule has 0 unspecified atom stereocenters. The van der Waals surface area contributed by atoms with Gasteiger partial charge in [0.25, 0.3) is 10.2 Å². The first-order valence-corrected chi connectivity index (χ1v) is 6.48. The summed E-state index contributed by atoms with van der Waals surface area (Å²) < 4.78 is 27.5.